The molecule has 0 saturated heterocycles. The summed E-state index contributed by atoms with van der Waals surface area (Å²) in [4.78, 5) is 0. The monoisotopic (exact) mass is 305 g/mol. The molecule has 1 aromatic carbocycles. The van der Waals surface area contributed by atoms with Gasteiger partial charge in [-0.3, -0.25) is 4.68 Å². The van der Waals surface area contributed by atoms with E-state index in [1.54, 1.807) is 6.20 Å². The number of nitrogens with one attached hydrogen (secondary N) is 1. The number of rotatable bonds is 6. The molecule has 0 saturated carbocycles. The molecule has 1 aromatic heterocycles. The Morgan fingerprint density at radius 1 is 1.29 bits per heavy atom. The molecular weight excluding hydrogens is 282 g/mol. The maximum Gasteiger partial charge on any atom is 0.0834 e. The molecule has 21 heavy (non-hydrogen) atoms. The summed E-state index contributed by atoms with van der Waals surface area (Å²) in [6.45, 7) is 7.51. The summed E-state index contributed by atoms with van der Waals surface area (Å²) in [7, 11) is 1.98. The second-order valence-corrected chi connectivity index (χ2v) is 6.32. The molecule has 0 bridgehead atoms. The van der Waals surface area contributed by atoms with Gasteiger partial charge in [0.2, 0.25) is 0 Å². The molecule has 4 heteroatoms. The van der Waals surface area contributed by atoms with Crippen molar-refractivity contribution in [2.75, 3.05) is 7.05 Å². The molecule has 0 aliphatic carbocycles. The largest absolute Gasteiger partial charge is 0.311 e. The van der Waals surface area contributed by atoms with Gasteiger partial charge in [-0.25, -0.2) is 0 Å². The Labute approximate surface area is 132 Å². The van der Waals surface area contributed by atoms with Crippen LogP contribution < -0.4 is 5.32 Å². The van der Waals surface area contributed by atoms with Crippen LogP contribution in [0.1, 0.15) is 44.5 Å². The van der Waals surface area contributed by atoms with Crippen molar-refractivity contribution in [1.82, 2.24) is 15.1 Å². The van der Waals surface area contributed by atoms with Crippen LogP contribution in [0.3, 0.4) is 0 Å². The van der Waals surface area contributed by atoms with Crippen molar-refractivity contribution in [2.45, 2.75) is 45.2 Å². The number of nitrogens with zero attached hydrogens (tertiary/aromatic N) is 2. The Hall–Kier alpha value is -1.32. The lowest BCUT2D eigenvalue weighted by Gasteiger charge is -2.35. The van der Waals surface area contributed by atoms with E-state index in [4.69, 9.17) is 11.6 Å². The highest BCUT2D eigenvalue weighted by molar-refractivity contribution is 6.31. The Bertz CT molecular complexity index is 575. The fourth-order valence-electron chi connectivity index (χ4n) is 2.92. The molecule has 0 fully saturated rings. The van der Waals surface area contributed by atoms with Crippen molar-refractivity contribution in [2.24, 2.45) is 0 Å². The molecule has 0 radical (unpaired) electrons. The first-order valence-corrected chi connectivity index (χ1v) is 7.84. The lowest BCUT2D eigenvalue weighted by Crippen LogP contribution is -2.37. The van der Waals surface area contributed by atoms with Crippen LogP contribution >= 0.6 is 11.6 Å². The number of hydrogen-bond donors (Lipinski definition) is 1. The molecule has 3 nitrogen and oxygen atoms in total. The number of halogens is 1. The first-order valence-electron chi connectivity index (χ1n) is 7.46. The zero-order valence-corrected chi connectivity index (χ0v) is 14.0. The Morgan fingerprint density at radius 2 is 1.95 bits per heavy atom. The van der Waals surface area contributed by atoms with Crippen LogP contribution in [0.2, 0.25) is 5.02 Å². The smallest absolute Gasteiger partial charge is 0.0834 e. The number of hydrogen-bond acceptors (Lipinski definition) is 2. The molecule has 1 heterocycles. The summed E-state index contributed by atoms with van der Waals surface area (Å²) in [6, 6.07) is 10.6. The highest BCUT2D eigenvalue weighted by atomic mass is 35.5. The van der Waals surface area contributed by atoms with E-state index in [1.165, 1.54) is 5.56 Å². The van der Waals surface area contributed by atoms with Gasteiger partial charge in [0.15, 0.2) is 0 Å². The number of likely N-dealkylation sites (N-methyl/N-ethyl adjacent to an activating group) is 1. The predicted molar refractivity (Wildman–Crippen MR) is 88.8 cm³/mol. The number of aryl methyl sites for hydroxylation is 1. The molecule has 2 rings (SSSR count). The fraction of sp³-hybridized carbons (Fsp3) is 0.471. The van der Waals surface area contributed by atoms with Crippen LogP contribution in [-0.2, 0) is 12.0 Å². The molecule has 0 amide bonds. The Morgan fingerprint density at radius 3 is 2.52 bits per heavy atom. The lowest BCUT2D eigenvalue weighted by atomic mass is 9.76. The van der Waals surface area contributed by atoms with Crippen molar-refractivity contribution in [1.29, 1.82) is 0 Å². The molecule has 1 N–H and O–H groups in total. The van der Waals surface area contributed by atoms with E-state index in [2.05, 4.69) is 55.5 Å². The minimum atomic E-state index is -0.0921. The van der Waals surface area contributed by atoms with E-state index >= 15 is 0 Å². The maximum absolute atomic E-state index is 6.42. The molecule has 0 aliphatic heterocycles. The summed E-state index contributed by atoms with van der Waals surface area (Å²) in [6.07, 6.45) is 2.78. The molecule has 1 unspecified atom stereocenters. The number of aromatic nitrogens is 2. The zero-order valence-electron chi connectivity index (χ0n) is 13.2. The normalized spacial score (nSPS) is 13.4. The molecule has 2 aromatic rings. The minimum absolute atomic E-state index is 0.0921. The van der Waals surface area contributed by atoms with E-state index in [1.807, 2.05) is 17.8 Å². The molecular formula is C17H24ClN3. The molecule has 1 atom stereocenters. The molecule has 0 spiro atoms. The molecule has 114 valence electrons. The van der Waals surface area contributed by atoms with E-state index < -0.39 is 0 Å². The quantitative estimate of drug-likeness (QED) is 0.867. The van der Waals surface area contributed by atoms with Crippen LogP contribution in [-0.4, -0.2) is 16.8 Å². The third-order valence-corrected chi connectivity index (χ3v) is 4.36. The zero-order chi connectivity index (χ0) is 15.5. The van der Waals surface area contributed by atoms with Crippen LogP contribution in [0.15, 0.2) is 36.5 Å². The van der Waals surface area contributed by atoms with E-state index in [0.717, 1.165) is 23.7 Å². The van der Waals surface area contributed by atoms with Gasteiger partial charge in [-0.2, -0.15) is 5.10 Å². The van der Waals surface area contributed by atoms with Crippen LogP contribution in [0, 0.1) is 0 Å². The van der Waals surface area contributed by atoms with Crippen LogP contribution in [0.25, 0.3) is 0 Å². The van der Waals surface area contributed by atoms with E-state index in [9.17, 15) is 0 Å². The van der Waals surface area contributed by atoms with Gasteiger partial charge in [0.25, 0.3) is 0 Å². The van der Waals surface area contributed by atoms with Gasteiger partial charge < -0.3 is 5.32 Å². The lowest BCUT2D eigenvalue weighted by molar-refractivity contribution is 0.344. The highest BCUT2D eigenvalue weighted by Gasteiger charge is 2.35. The summed E-state index contributed by atoms with van der Waals surface area (Å²) < 4.78 is 2.02. The topological polar surface area (TPSA) is 29.9 Å². The number of benzene rings is 1. The summed E-state index contributed by atoms with van der Waals surface area (Å²) in [5, 5.41) is 8.59. The Kier molecular flexibility index (Phi) is 5.07. The van der Waals surface area contributed by atoms with Crippen molar-refractivity contribution < 1.29 is 0 Å². The second-order valence-electron chi connectivity index (χ2n) is 5.91. The highest BCUT2D eigenvalue weighted by Crippen LogP contribution is 2.39. The van der Waals surface area contributed by atoms with Crippen LogP contribution in [0.5, 0.6) is 0 Å². The maximum atomic E-state index is 6.42. The SMILES string of the molecule is CCCn1ncc(Cl)c1C(NC)C(C)(C)c1ccccc1. The molecule has 0 aliphatic rings. The standard InChI is InChI=1S/C17H24ClN3/c1-5-11-21-15(14(18)12-20-21)16(19-4)17(2,3)13-9-7-6-8-10-13/h6-10,12,16,19H,5,11H2,1-4H3. The van der Waals surface area contributed by atoms with Crippen molar-refractivity contribution >= 4 is 11.6 Å². The first kappa shape index (κ1) is 16.1. The van der Waals surface area contributed by atoms with E-state index in [0.29, 0.717) is 0 Å². The van der Waals surface area contributed by atoms with Gasteiger partial charge in [-0.05, 0) is 19.0 Å². The predicted octanol–water partition coefficient (Wildman–Crippen LogP) is 4.18. The second kappa shape index (κ2) is 6.63. The van der Waals surface area contributed by atoms with Crippen molar-refractivity contribution in [3.63, 3.8) is 0 Å². The summed E-state index contributed by atoms with van der Waals surface area (Å²) >= 11 is 6.42. The van der Waals surface area contributed by atoms with Gasteiger partial charge in [-0.15, -0.1) is 0 Å². The third-order valence-electron chi connectivity index (χ3n) is 4.07. The van der Waals surface area contributed by atoms with Gasteiger partial charge >= 0.3 is 0 Å². The van der Waals surface area contributed by atoms with Crippen molar-refractivity contribution in [3.05, 3.63) is 52.8 Å². The van der Waals surface area contributed by atoms with Crippen LogP contribution in [0.4, 0.5) is 0 Å². The summed E-state index contributed by atoms with van der Waals surface area (Å²) in [5.41, 5.74) is 2.25. The van der Waals surface area contributed by atoms with E-state index in [-0.39, 0.29) is 11.5 Å². The van der Waals surface area contributed by atoms with Gasteiger partial charge in [0.1, 0.15) is 0 Å². The summed E-state index contributed by atoms with van der Waals surface area (Å²) in [5.74, 6) is 0. The third kappa shape index (κ3) is 3.14. The van der Waals surface area contributed by atoms with Gasteiger partial charge in [-0.1, -0.05) is 62.7 Å². The Balaban J connectivity index is 2.46. The first-order chi connectivity index (χ1) is 10.0. The minimum Gasteiger partial charge on any atom is -0.311 e. The van der Waals surface area contributed by atoms with Gasteiger partial charge in [0.05, 0.1) is 23.0 Å². The van der Waals surface area contributed by atoms with Crippen molar-refractivity contribution in [3.8, 4) is 0 Å². The fourth-order valence-corrected chi connectivity index (χ4v) is 3.17. The van der Waals surface area contributed by atoms with Gasteiger partial charge in [0, 0.05) is 12.0 Å². The average Bonchev–Trinajstić information content (AvgIpc) is 2.83. The average molecular weight is 306 g/mol.